The number of rotatable bonds is 30. The Kier molecular flexibility index (Phi) is 21.6. The number of hydrazone groups is 1. The molecule has 0 saturated heterocycles. The Morgan fingerprint density at radius 2 is 1.52 bits per heavy atom. The van der Waals surface area contributed by atoms with Crippen LogP contribution < -0.4 is 24.3 Å². The fourth-order valence-corrected chi connectivity index (χ4v) is 7.76. The minimum absolute atomic E-state index is 0.242. The SMILES string of the molecule is C=CC(=O)OCCCCCCOc1ccc(OOCC2CCC(C(=O)Oc3ccc(OOCCCCCC)cc3/C=N/N(CCCCOC)c3nc4ccccc4s3)CC2)cc1. The fourth-order valence-electron chi connectivity index (χ4n) is 6.81. The van der Waals surface area contributed by atoms with E-state index in [1.54, 1.807) is 42.9 Å². The second-order valence-corrected chi connectivity index (χ2v) is 16.3. The number of carbonyl (C=O) groups excluding carboxylic acids is 2. The van der Waals surface area contributed by atoms with Gasteiger partial charge in [-0.3, -0.25) is 4.79 Å². The Morgan fingerprint density at radius 3 is 2.29 bits per heavy atom. The van der Waals surface area contributed by atoms with Crippen molar-refractivity contribution < 1.29 is 48.1 Å². The van der Waals surface area contributed by atoms with E-state index in [1.165, 1.54) is 6.08 Å². The van der Waals surface area contributed by atoms with Gasteiger partial charge in [0.2, 0.25) is 5.13 Å². The molecule has 14 heteroatoms. The van der Waals surface area contributed by atoms with Gasteiger partial charge >= 0.3 is 11.9 Å². The molecule has 1 aliphatic carbocycles. The number of methoxy groups -OCH3 is 1. The largest absolute Gasteiger partial charge is 0.494 e. The predicted molar refractivity (Wildman–Crippen MR) is 242 cm³/mol. The molecule has 0 radical (unpaired) electrons. The lowest BCUT2D eigenvalue weighted by Crippen LogP contribution is -2.27. The van der Waals surface area contributed by atoms with E-state index >= 15 is 0 Å². The first-order valence-electron chi connectivity index (χ1n) is 22.1. The molecule has 0 spiro atoms. The van der Waals surface area contributed by atoms with Crippen molar-refractivity contribution in [1.29, 1.82) is 0 Å². The van der Waals surface area contributed by atoms with E-state index in [-0.39, 0.29) is 23.8 Å². The molecular formula is C48H63N3O10S. The summed E-state index contributed by atoms with van der Waals surface area (Å²) in [5.74, 6) is 1.60. The topological polar surface area (TPSA) is 136 Å². The zero-order valence-corrected chi connectivity index (χ0v) is 37.2. The van der Waals surface area contributed by atoms with E-state index in [2.05, 4.69) is 19.6 Å². The maximum Gasteiger partial charge on any atom is 0.330 e. The van der Waals surface area contributed by atoms with Crippen molar-refractivity contribution in [2.75, 3.05) is 51.7 Å². The Morgan fingerprint density at radius 1 is 0.806 bits per heavy atom. The molecule has 1 heterocycles. The second kappa shape index (κ2) is 27.8. The highest BCUT2D eigenvalue weighted by Gasteiger charge is 2.29. The maximum atomic E-state index is 13.6. The van der Waals surface area contributed by atoms with Crippen LogP contribution in [0, 0.1) is 11.8 Å². The summed E-state index contributed by atoms with van der Waals surface area (Å²) < 4.78 is 23.3. The van der Waals surface area contributed by atoms with Crippen molar-refractivity contribution in [3.63, 3.8) is 0 Å². The van der Waals surface area contributed by atoms with Crippen molar-refractivity contribution in [1.82, 2.24) is 4.98 Å². The zero-order valence-electron chi connectivity index (χ0n) is 36.3. The van der Waals surface area contributed by atoms with E-state index < -0.39 is 0 Å². The smallest absolute Gasteiger partial charge is 0.330 e. The van der Waals surface area contributed by atoms with Gasteiger partial charge in [0.1, 0.15) is 11.5 Å². The van der Waals surface area contributed by atoms with Crippen LogP contribution >= 0.6 is 11.3 Å². The van der Waals surface area contributed by atoms with Gasteiger partial charge in [-0.15, -0.1) is 0 Å². The van der Waals surface area contributed by atoms with Crippen molar-refractivity contribution in [3.8, 4) is 23.0 Å². The number of hydrogen-bond acceptors (Lipinski definition) is 14. The lowest BCUT2D eigenvalue weighted by Gasteiger charge is -2.26. The number of esters is 2. The van der Waals surface area contributed by atoms with Gasteiger partial charge in [0.15, 0.2) is 11.5 Å². The van der Waals surface area contributed by atoms with Crippen LogP contribution in [0.15, 0.2) is 84.5 Å². The van der Waals surface area contributed by atoms with E-state index in [0.717, 1.165) is 98.1 Å². The number of fused-ring (bicyclic) bond motifs is 1. The highest BCUT2D eigenvalue weighted by molar-refractivity contribution is 7.22. The molecule has 4 aromatic rings. The quantitative estimate of drug-likeness (QED) is 0.00938. The molecule has 5 rings (SSSR count). The summed E-state index contributed by atoms with van der Waals surface area (Å²) in [6.07, 6.45) is 15.6. The summed E-state index contributed by atoms with van der Waals surface area (Å²) in [7, 11) is 1.70. The number of ether oxygens (including phenoxy) is 4. The number of carbonyl (C=O) groups is 2. The Bertz CT molecular complexity index is 1910. The van der Waals surface area contributed by atoms with Crippen molar-refractivity contribution in [2.45, 2.75) is 96.8 Å². The molecule has 0 amide bonds. The monoisotopic (exact) mass is 873 g/mol. The average Bonchev–Trinajstić information content (AvgIpc) is 3.74. The summed E-state index contributed by atoms with van der Waals surface area (Å²) in [6.45, 7) is 8.78. The summed E-state index contributed by atoms with van der Waals surface area (Å²) in [5, 5.41) is 7.55. The van der Waals surface area contributed by atoms with Crippen LogP contribution in [-0.2, 0) is 28.8 Å². The third kappa shape index (κ3) is 17.0. The summed E-state index contributed by atoms with van der Waals surface area (Å²) in [4.78, 5) is 51.9. The lowest BCUT2D eigenvalue weighted by atomic mass is 9.82. The van der Waals surface area contributed by atoms with Crippen LogP contribution in [0.25, 0.3) is 10.2 Å². The van der Waals surface area contributed by atoms with Crippen LogP contribution in [0.5, 0.6) is 23.0 Å². The Hall–Kier alpha value is -5.02. The molecule has 1 saturated carbocycles. The highest BCUT2D eigenvalue weighted by Crippen LogP contribution is 2.33. The van der Waals surface area contributed by atoms with E-state index in [4.69, 9.17) is 48.6 Å². The average molecular weight is 874 g/mol. The molecule has 0 aliphatic heterocycles. The number of unbranched alkanes of at least 4 members (excludes halogenated alkanes) is 7. The number of anilines is 1. The van der Waals surface area contributed by atoms with Crippen molar-refractivity contribution in [3.05, 3.63) is 84.9 Å². The zero-order chi connectivity index (χ0) is 43.6. The minimum atomic E-state index is -0.384. The van der Waals surface area contributed by atoms with Gasteiger partial charge in [-0.05, 0) is 131 Å². The molecular weight excluding hydrogens is 811 g/mol. The number of benzene rings is 3. The third-order valence-electron chi connectivity index (χ3n) is 10.4. The molecule has 62 heavy (non-hydrogen) atoms. The predicted octanol–water partition coefficient (Wildman–Crippen LogP) is 10.8. The van der Waals surface area contributed by atoms with Gasteiger partial charge in [0.25, 0.3) is 0 Å². The van der Waals surface area contributed by atoms with Gasteiger partial charge in [-0.1, -0.05) is 56.2 Å². The van der Waals surface area contributed by atoms with Crippen LogP contribution in [0.4, 0.5) is 5.13 Å². The second-order valence-electron chi connectivity index (χ2n) is 15.3. The molecule has 0 atom stereocenters. The van der Waals surface area contributed by atoms with Crippen molar-refractivity contribution in [2.24, 2.45) is 16.9 Å². The number of hydrogen-bond donors (Lipinski definition) is 0. The van der Waals surface area contributed by atoms with Crippen molar-refractivity contribution >= 4 is 44.8 Å². The first-order valence-corrected chi connectivity index (χ1v) is 22.9. The van der Waals surface area contributed by atoms with Gasteiger partial charge in [0, 0.05) is 31.9 Å². The highest BCUT2D eigenvalue weighted by atomic mass is 32.1. The van der Waals surface area contributed by atoms with Gasteiger partial charge in [-0.25, -0.2) is 14.8 Å². The molecule has 336 valence electrons. The molecule has 3 aromatic carbocycles. The molecule has 1 aromatic heterocycles. The molecule has 1 aliphatic rings. The number of aromatic nitrogens is 1. The minimum Gasteiger partial charge on any atom is -0.494 e. The summed E-state index contributed by atoms with van der Waals surface area (Å²) in [6, 6.07) is 20.6. The first-order chi connectivity index (χ1) is 30.4. The first kappa shape index (κ1) is 48.0. The van der Waals surface area contributed by atoms with Gasteiger partial charge in [-0.2, -0.15) is 14.9 Å². The number of nitrogens with zero attached hydrogens (tertiary/aromatic N) is 3. The number of thiazole rings is 1. The van der Waals surface area contributed by atoms with Crippen LogP contribution in [-0.4, -0.2) is 69.8 Å². The molecule has 0 unspecified atom stereocenters. The van der Waals surface area contributed by atoms with E-state index in [9.17, 15) is 9.59 Å². The Labute approximate surface area is 370 Å². The van der Waals surface area contributed by atoms with Gasteiger partial charge < -0.3 is 28.7 Å². The molecule has 0 N–H and O–H groups in total. The molecule has 1 fully saturated rings. The molecule has 0 bridgehead atoms. The van der Waals surface area contributed by atoms with Crippen LogP contribution in [0.2, 0.25) is 0 Å². The van der Waals surface area contributed by atoms with Crippen LogP contribution in [0.3, 0.4) is 0 Å². The standard InChI is InChI=1S/C48H63N3O10S/c1-4-6-7-15-33-57-61-42-27-28-44(39(34-42)35-49-51(29-12-16-30-54-3)48-50-43-17-10-11-18-45(43)62-48)59-47(53)38-21-19-37(20-22-38)36-58-60-41-25-23-40(24-26-41)55-31-13-8-9-14-32-56-46(52)5-2/h5,10-11,17-18,23-28,34-35,37-38H,2,4,6-9,12-16,19-22,29-33,36H2,1,3H3/b49-35+. The molecule has 13 nitrogen and oxygen atoms in total. The summed E-state index contributed by atoms with van der Waals surface area (Å²) in [5.41, 5.74) is 1.50. The maximum absolute atomic E-state index is 13.6. The van der Waals surface area contributed by atoms with Gasteiger partial charge in [0.05, 0.1) is 48.8 Å². The summed E-state index contributed by atoms with van der Waals surface area (Å²) >= 11 is 1.58. The third-order valence-corrected chi connectivity index (χ3v) is 11.5. The Balaban J connectivity index is 1.10. The lowest BCUT2D eigenvalue weighted by molar-refractivity contribution is -0.218. The van der Waals surface area contributed by atoms with E-state index in [1.807, 2.05) is 47.5 Å². The number of para-hydroxylation sites is 1. The van der Waals surface area contributed by atoms with E-state index in [0.29, 0.717) is 75.2 Å². The fraction of sp³-hybridized carbons (Fsp3) is 0.500. The normalized spacial score (nSPS) is 15.1. The van der Waals surface area contributed by atoms with Crippen LogP contribution in [0.1, 0.15) is 102 Å².